The number of halogens is 2. The minimum absolute atomic E-state index is 0.0520. The van der Waals surface area contributed by atoms with Crippen LogP contribution in [0.5, 0.6) is 5.75 Å². The Balaban J connectivity index is 0.000000365. The van der Waals surface area contributed by atoms with Crippen LogP contribution < -0.4 is 9.64 Å². The first-order valence-electron chi connectivity index (χ1n) is 14.9. The fraction of sp³-hybridized carbons (Fsp3) is 0.459. The first kappa shape index (κ1) is 36.5. The molecule has 1 saturated heterocycles. The van der Waals surface area contributed by atoms with Crippen LogP contribution in [0.2, 0.25) is 0 Å². The molecule has 232 valence electrons. The fourth-order valence-corrected chi connectivity index (χ4v) is 5.88. The van der Waals surface area contributed by atoms with Gasteiger partial charge in [0.15, 0.2) is 0 Å². The van der Waals surface area contributed by atoms with Gasteiger partial charge in [0.05, 0.1) is 6.10 Å². The van der Waals surface area contributed by atoms with Gasteiger partial charge in [0.2, 0.25) is 0 Å². The second-order valence-corrected chi connectivity index (χ2v) is 15.8. The van der Waals surface area contributed by atoms with E-state index in [9.17, 15) is 0 Å². The summed E-state index contributed by atoms with van der Waals surface area (Å²) in [6.07, 6.45) is 2.49. The molecule has 4 rings (SSSR count). The predicted molar refractivity (Wildman–Crippen MR) is 181 cm³/mol. The minimum atomic E-state index is -0.346. The Morgan fingerprint density at radius 2 is 1.50 bits per heavy atom. The van der Waals surface area contributed by atoms with Crippen LogP contribution in [-0.4, -0.2) is 11.6 Å². The third-order valence-corrected chi connectivity index (χ3v) is 7.59. The van der Waals surface area contributed by atoms with E-state index >= 15 is 0 Å². The molecule has 0 aliphatic carbocycles. The maximum atomic E-state index is 5.48. The normalized spacial score (nSPS) is 17.5. The summed E-state index contributed by atoms with van der Waals surface area (Å²) in [4.78, 5) is 2.57. The monoisotopic (exact) mass is 697 g/mol. The molecule has 0 radical (unpaired) electrons. The van der Waals surface area contributed by atoms with Crippen molar-refractivity contribution in [2.45, 2.75) is 105 Å². The molecule has 42 heavy (non-hydrogen) atoms. The standard InChI is InChI=1S/C27H38N.C10H13O.2ClH.Ru/c1-19(2)16-22-12-14-23(15-13-22)27(8)17-26(6,7)28(18-27)25-21(5)10-9-11-24(25)20(3)4;1-8(2)11-10-7-5-4-6-9(10)3;;;/h9-15,18-20H,16-17H2,1-8H3;4-8H,3H2,1-2H3;2*1H;/q2*-1;;;+4/p-2. The Kier molecular flexibility index (Phi) is 14.3. The van der Waals surface area contributed by atoms with Crippen molar-refractivity contribution in [3.63, 3.8) is 0 Å². The van der Waals surface area contributed by atoms with Gasteiger partial charge in [-0.1, -0.05) is 94.8 Å². The molecule has 0 N–H and O–H groups in total. The summed E-state index contributed by atoms with van der Waals surface area (Å²) in [5, 5.41) is 0. The summed E-state index contributed by atoms with van der Waals surface area (Å²) < 4.78 is 5.48. The molecule has 5 heteroatoms. The first-order chi connectivity index (χ1) is 19.6. The molecule has 0 aromatic heterocycles. The zero-order chi connectivity index (χ0) is 31.7. The third kappa shape index (κ3) is 10.2. The summed E-state index contributed by atoms with van der Waals surface area (Å²) in [6.45, 7) is 29.0. The number of benzene rings is 3. The van der Waals surface area contributed by atoms with E-state index in [4.69, 9.17) is 24.1 Å². The summed E-state index contributed by atoms with van der Waals surface area (Å²) >= 11 is -0.346. The van der Waals surface area contributed by atoms with Crippen LogP contribution in [0.15, 0.2) is 66.7 Å². The zero-order valence-electron chi connectivity index (χ0n) is 27.2. The topological polar surface area (TPSA) is 12.5 Å². The molecule has 2 nitrogen and oxygen atoms in total. The Morgan fingerprint density at radius 3 is 2.02 bits per heavy atom. The van der Waals surface area contributed by atoms with Gasteiger partial charge in [0, 0.05) is 17.0 Å². The predicted octanol–water partition coefficient (Wildman–Crippen LogP) is 11.5. The molecule has 1 unspecified atom stereocenters. The summed E-state index contributed by atoms with van der Waals surface area (Å²) in [5.74, 6) is 2.09. The van der Waals surface area contributed by atoms with Gasteiger partial charge in [-0.2, -0.15) is 18.6 Å². The van der Waals surface area contributed by atoms with E-state index in [0.717, 1.165) is 24.2 Å². The van der Waals surface area contributed by atoms with Crippen molar-refractivity contribution in [2.75, 3.05) is 4.90 Å². The van der Waals surface area contributed by atoms with Crippen molar-refractivity contribution >= 4 is 25.1 Å². The van der Waals surface area contributed by atoms with Gasteiger partial charge >= 0.3 is 34.5 Å². The van der Waals surface area contributed by atoms with Crippen LogP contribution in [0.1, 0.15) is 102 Å². The fourth-order valence-electron chi connectivity index (χ4n) is 5.88. The first-order valence-corrected chi connectivity index (χ1v) is 19.4. The van der Waals surface area contributed by atoms with Crippen molar-refractivity contribution in [3.05, 3.63) is 108 Å². The van der Waals surface area contributed by atoms with Crippen LogP contribution in [0.3, 0.4) is 0 Å². The van der Waals surface area contributed by atoms with Gasteiger partial charge in [0.1, 0.15) is 0 Å². The van der Waals surface area contributed by atoms with E-state index in [2.05, 4.69) is 116 Å². The Morgan fingerprint density at radius 1 is 0.905 bits per heavy atom. The second-order valence-electron chi connectivity index (χ2n) is 13.2. The number of anilines is 1. The molecular weight excluding hydrogens is 646 g/mol. The number of hydrogen-bond acceptors (Lipinski definition) is 2. The number of aryl methyl sites for hydroxylation is 1. The summed E-state index contributed by atoms with van der Waals surface area (Å²) in [7, 11) is 9.71. The van der Waals surface area contributed by atoms with Crippen LogP contribution >= 0.6 is 19.4 Å². The van der Waals surface area contributed by atoms with Gasteiger partial charge in [0.25, 0.3) is 0 Å². The third-order valence-electron chi connectivity index (χ3n) is 7.59. The van der Waals surface area contributed by atoms with E-state index in [1.54, 1.807) is 0 Å². The van der Waals surface area contributed by atoms with Gasteiger partial charge in [-0.3, -0.25) is 0 Å². The van der Waals surface area contributed by atoms with Crippen molar-refractivity contribution in [1.82, 2.24) is 0 Å². The average Bonchev–Trinajstić information content (AvgIpc) is 3.15. The number of hydrogen-bond donors (Lipinski definition) is 0. The zero-order valence-corrected chi connectivity index (χ0v) is 30.5. The number of nitrogens with zero attached hydrogens (tertiary/aromatic N) is 1. The van der Waals surface area contributed by atoms with Crippen molar-refractivity contribution < 1.29 is 19.9 Å². The number of rotatable bonds is 7. The number of ether oxygens (including phenoxy) is 1. The summed E-state index contributed by atoms with van der Waals surface area (Å²) in [5.41, 5.74) is 8.17. The molecule has 3 aromatic rings. The average molecular weight is 698 g/mol. The Bertz CT molecular complexity index is 1240. The van der Waals surface area contributed by atoms with Gasteiger partial charge in [-0.15, -0.1) is 11.5 Å². The number of para-hydroxylation sites is 2. The molecule has 1 atom stereocenters. The van der Waals surface area contributed by atoms with Gasteiger partial charge < -0.3 is 9.64 Å². The maximum absolute atomic E-state index is 5.48. The van der Waals surface area contributed by atoms with Crippen LogP contribution in [0.4, 0.5) is 5.69 Å². The van der Waals surface area contributed by atoms with E-state index in [1.807, 2.05) is 38.1 Å². The van der Waals surface area contributed by atoms with E-state index < -0.39 is 0 Å². The molecule has 1 aliphatic rings. The van der Waals surface area contributed by atoms with Crippen molar-refractivity contribution in [1.29, 1.82) is 0 Å². The van der Waals surface area contributed by atoms with Crippen LogP contribution in [0, 0.1) is 26.3 Å². The Hall–Kier alpha value is -1.67. The Labute approximate surface area is 273 Å². The van der Waals surface area contributed by atoms with Crippen molar-refractivity contribution in [2.24, 2.45) is 5.92 Å². The summed E-state index contributed by atoms with van der Waals surface area (Å²) in [6, 6.07) is 23.9. The molecule has 3 aromatic carbocycles. The molecule has 0 saturated carbocycles. The van der Waals surface area contributed by atoms with Gasteiger partial charge in [-0.25, -0.2) is 6.54 Å². The SMILES string of the molecule is Cc1cccc(C(C)C)c1N1[CH-]C(C)(c2ccc(CC(C)C)cc2)CC1(C)C.[CH2-]c1ccccc1OC(C)C.[Cl][Ru+2][Cl]. The van der Waals surface area contributed by atoms with E-state index in [0.29, 0.717) is 11.8 Å². The van der Waals surface area contributed by atoms with Crippen LogP contribution in [0.25, 0.3) is 0 Å². The molecule has 0 spiro atoms. The molecule has 1 fully saturated rings. The quantitative estimate of drug-likeness (QED) is 0.180. The van der Waals surface area contributed by atoms with E-state index in [-0.39, 0.29) is 32.2 Å². The molecular formula is C37H51Cl2NORu. The van der Waals surface area contributed by atoms with Gasteiger partial charge in [-0.05, 0) is 76.0 Å². The second kappa shape index (κ2) is 16.4. The van der Waals surface area contributed by atoms with E-state index in [1.165, 1.54) is 27.9 Å². The van der Waals surface area contributed by atoms with Crippen molar-refractivity contribution in [3.8, 4) is 5.75 Å². The molecule has 0 amide bonds. The molecule has 0 bridgehead atoms. The molecule has 1 heterocycles. The van der Waals surface area contributed by atoms with Crippen LogP contribution in [-0.2, 0) is 27.0 Å². The molecule has 1 aliphatic heterocycles.